The second-order valence-electron chi connectivity index (χ2n) is 8.93. The summed E-state index contributed by atoms with van der Waals surface area (Å²) in [4.78, 5) is 27.2. The van der Waals surface area contributed by atoms with Gasteiger partial charge in [-0.05, 0) is 45.4 Å². The first kappa shape index (κ1) is 27.3. The topological polar surface area (TPSA) is 105 Å². The van der Waals surface area contributed by atoms with E-state index in [2.05, 4.69) is 5.32 Å². The number of nitrogens with zero attached hydrogens (tertiary/aromatic N) is 2. The molecule has 0 saturated heterocycles. The number of hydrogen-bond acceptors (Lipinski definition) is 6. The summed E-state index contributed by atoms with van der Waals surface area (Å²) in [5.74, 6) is -0.243. The van der Waals surface area contributed by atoms with Crippen molar-refractivity contribution in [1.82, 2.24) is 10.2 Å². The summed E-state index contributed by atoms with van der Waals surface area (Å²) >= 11 is 0. The Labute approximate surface area is 211 Å². The molecule has 1 atom stereocenters. The van der Waals surface area contributed by atoms with E-state index in [1.807, 2.05) is 13.8 Å². The van der Waals surface area contributed by atoms with E-state index in [1.165, 1.54) is 15.3 Å². The van der Waals surface area contributed by atoms with Crippen LogP contribution in [0.5, 0.6) is 11.5 Å². The molecular weight excluding hydrogens is 489 g/mol. The van der Waals surface area contributed by atoms with Crippen LogP contribution in [-0.4, -0.2) is 56.8 Å². The number of carbonyl (C=O) groups is 2. The van der Waals surface area contributed by atoms with Crippen LogP contribution >= 0.6 is 0 Å². The first-order valence-corrected chi connectivity index (χ1v) is 13.5. The highest BCUT2D eigenvalue weighted by molar-refractivity contribution is 7.92. The van der Waals surface area contributed by atoms with Crippen LogP contribution in [0.15, 0.2) is 42.5 Å². The summed E-state index contributed by atoms with van der Waals surface area (Å²) < 4.78 is 51.1. The summed E-state index contributed by atoms with van der Waals surface area (Å²) in [5, 5.41) is 2.78. The van der Waals surface area contributed by atoms with Crippen LogP contribution in [0.3, 0.4) is 0 Å². The van der Waals surface area contributed by atoms with Crippen LogP contribution < -0.4 is 19.1 Å². The molecule has 11 heteroatoms. The summed E-state index contributed by atoms with van der Waals surface area (Å²) in [6.07, 6.45) is 1.24. The van der Waals surface area contributed by atoms with E-state index in [9.17, 15) is 22.4 Å². The van der Waals surface area contributed by atoms with Crippen molar-refractivity contribution < 1.29 is 31.9 Å². The average Bonchev–Trinajstić information content (AvgIpc) is 3.27. The minimum atomic E-state index is -3.65. The number of carbonyl (C=O) groups excluding carboxylic acids is 2. The van der Waals surface area contributed by atoms with E-state index < -0.39 is 21.9 Å². The van der Waals surface area contributed by atoms with Gasteiger partial charge in [0, 0.05) is 37.2 Å². The van der Waals surface area contributed by atoms with Crippen LogP contribution in [-0.2, 0) is 26.2 Å². The van der Waals surface area contributed by atoms with Gasteiger partial charge in [0.05, 0.1) is 11.9 Å². The van der Waals surface area contributed by atoms with Gasteiger partial charge in [0.2, 0.25) is 28.6 Å². The van der Waals surface area contributed by atoms with E-state index in [0.717, 1.165) is 6.26 Å². The molecule has 3 rings (SSSR count). The lowest BCUT2D eigenvalue weighted by molar-refractivity contribution is -0.140. The highest BCUT2D eigenvalue weighted by atomic mass is 32.2. The number of nitrogens with one attached hydrogen (secondary N) is 1. The van der Waals surface area contributed by atoms with Crippen LogP contribution in [0.1, 0.15) is 39.2 Å². The number of rotatable bonds is 11. The quantitative estimate of drug-likeness (QED) is 0.487. The Bertz CT molecular complexity index is 1200. The number of ether oxygens (including phenoxy) is 2. The summed E-state index contributed by atoms with van der Waals surface area (Å²) in [6, 6.07) is 9.92. The zero-order valence-corrected chi connectivity index (χ0v) is 21.7. The second kappa shape index (κ2) is 11.6. The lowest BCUT2D eigenvalue weighted by Gasteiger charge is -2.30. The van der Waals surface area contributed by atoms with Gasteiger partial charge >= 0.3 is 0 Å². The van der Waals surface area contributed by atoms with Gasteiger partial charge < -0.3 is 19.7 Å². The molecule has 0 aliphatic carbocycles. The van der Waals surface area contributed by atoms with Gasteiger partial charge in [-0.1, -0.05) is 18.2 Å². The van der Waals surface area contributed by atoms with E-state index in [0.29, 0.717) is 17.2 Å². The van der Waals surface area contributed by atoms with E-state index >= 15 is 0 Å². The molecule has 2 aromatic carbocycles. The Morgan fingerprint density at radius 3 is 2.44 bits per heavy atom. The van der Waals surface area contributed by atoms with Gasteiger partial charge in [-0.3, -0.25) is 13.9 Å². The number of sulfonamides is 1. The van der Waals surface area contributed by atoms with Crippen molar-refractivity contribution in [3.63, 3.8) is 0 Å². The van der Waals surface area contributed by atoms with Gasteiger partial charge in [-0.25, -0.2) is 12.8 Å². The van der Waals surface area contributed by atoms with Gasteiger partial charge in [0.1, 0.15) is 11.9 Å². The smallest absolute Gasteiger partial charge is 0.242 e. The molecule has 9 nitrogen and oxygen atoms in total. The molecule has 0 bridgehead atoms. The normalized spacial score (nSPS) is 13.4. The van der Waals surface area contributed by atoms with Crippen molar-refractivity contribution in [3.05, 3.63) is 53.8 Å². The van der Waals surface area contributed by atoms with Crippen LogP contribution in [0.4, 0.5) is 10.1 Å². The molecule has 196 valence electrons. The van der Waals surface area contributed by atoms with Crippen molar-refractivity contribution in [2.45, 2.75) is 52.2 Å². The van der Waals surface area contributed by atoms with Gasteiger partial charge in [0.25, 0.3) is 0 Å². The average molecular weight is 522 g/mol. The van der Waals surface area contributed by atoms with Crippen LogP contribution in [0, 0.1) is 5.82 Å². The highest BCUT2D eigenvalue weighted by Gasteiger charge is 2.28. The molecule has 36 heavy (non-hydrogen) atoms. The highest BCUT2D eigenvalue weighted by Crippen LogP contribution is 2.36. The maximum absolute atomic E-state index is 14.3. The molecule has 0 saturated carbocycles. The zero-order chi connectivity index (χ0) is 26.5. The Morgan fingerprint density at radius 2 is 1.78 bits per heavy atom. The van der Waals surface area contributed by atoms with Crippen molar-refractivity contribution in [1.29, 1.82) is 0 Å². The molecule has 2 amide bonds. The lowest BCUT2D eigenvalue weighted by atomic mass is 10.1. The van der Waals surface area contributed by atoms with Crippen LogP contribution in [0.25, 0.3) is 0 Å². The Balaban J connectivity index is 1.74. The number of hydrogen-bond donors (Lipinski definition) is 1. The van der Waals surface area contributed by atoms with Gasteiger partial charge in [-0.2, -0.15) is 0 Å². The molecular formula is C25H32FN3O6S. The Hall–Kier alpha value is -3.34. The second-order valence-corrected chi connectivity index (χ2v) is 10.8. The van der Waals surface area contributed by atoms with Crippen molar-refractivity contribution in [3.8, 4) is 11.5 Å². The van der Waals surface area contributed by atoms with Gasteiger partial charge in [-0.15, -0.1) is 0 Å². The third-order valence-electron chi connectivity index (χ3n) is 5.69. The minimum Gasteiger partial charge on any atom is -0.454 e. The molecule has 0 unspecified atom stereocenters. The first-order valence-electron chi connectivity index (χ1n) is 11.7. The standard InChI is InChI=1S/C25H32FN3O6S/c1-17(2)27-25(31)18(3)28(15-19-8-5-6-9-21(19)26)24(30)10-7-13-29(36(4,32)33)20-11-12-22-23(14-20)35-16-34-22/h5-6,8-9,11-12,14,17-18H,7,10,13,15-16H2,1-4H3,(H,27,31)/t18-/m1/s1. The van der Waals surface area contributed by atoms with Gasteiger partial charge in [0.15, 0.2) is 11.5 Å². The molecule has 1 aliphatic heterocycles. The molecule has 1 aliphatic rings. The van der Waals surface area contributed by atoms with Crippen molar-refractivity contribution in [2.75, 3.05) is 23.9 Å². The largest absolute Gasteiger partial charge is 0.454 e. The summed E-state index contributed by atoms with van der Waals surface area (Å²) in [7, 11) is -3.65. The summed E-state index contributed by atoms with van der Waals surface area (Å²) in [5.41, 5.74) is 0.676. The van der Waals surface area contributed by atoms with E-state index in [4.69, 9.17) is 9.47 Å². The maximum atomic E-state index is 14.3. The lowest BCUT2D eigenvalue weighted by Crippen LogP contribution is -2.49. The molecule has 0 fully saturated rings. The fourth-order valence-corrected chi connectivity index (χ4v) is 4.80. The predicted molar refractivity (Wildman–Crippen MR) is 134 cm³/mol. The molecule has 0 aromatic heterocycles. The molecule has 1 N–H and O–H groups in total. The maximum Gasteiger partial charge on any atom is 0.242 e. The van der Waals surface area contributed by atoms with Crippen molar-refractivity contribution >= 4 is 27.5 Å². The number of amides is 2. The molecule has 1 heterocycles. The molecule has 2 aromatic rings. The van der Waals surface area contributed by atoms with E-state index in [-0.39, 0.29) is 56.1 Å². The van der Waals surface area contributed by atoms with Crippen LogP contribution in [0.2, 0.25) is 0 Å². The SMILES string of the molecule is CC(C)NC(=O)[C@@H](C)N(Cc1ccccc1F)C(=O)CCCN(c1ccc2c(c1)OCO2)S(C)(=O)=O. The Morgan fingerprint density at radius 1 is 1.08 bits per heavy atom. The van der Waals surface area contributed by atoms with E-state index in [1.54, 1.807) is 43.3 Å². The number of anilines is 1. The number of benzene rings is 2. The number of fused-ring (bicyclic) bond motifs is 1. The third kappa shape index (κ3) is 6.87. The molecule has 0 radical (unpaired) electrons. The monoisotopic (exact) mass is 521 g/mol. The number of halogens is 1. The summed E-state index contributed by atoms with van der Waals surface area (Å²) in [6.45, 7) is 5.21. The van der Waals surface area contributed by atoms with Crippen molar-refractivity contribution in [2.24, 2.45) is 0 Å². The Kier molecular flexibility index (Phi) is 8.78. The fraction of sp³-hybridized carbons (Fsp3) is 0.440. The molecule has 0 spiro atoms. The fourth-order valence-electron chi connectivity index (χ4n) is 3.84. The minimum absolute atomic E-state index is 0.0321. The first-order chi connectivity index (χ1) is 17.0. The predicted octanol–water partition coefficient (Wildman–Crippen LogP) is 3.04. The zero-order valence-electron chi connectivity index (χ0n) is 20.9. The third-order valence-corrected chi connectivity index (χ3v) is 6.89.